The van der Waals surface area contributed by atoms with E-state index in [1.165, 1.54) is 0 Å². The summed E-state index contributed by atoms with van der Waals surface area (Å²) in [5, 5.41) is 6.48. The van der Waals surface area contributed by atoms with E-state index in [0.29, 0.717) is 24.0 Å². The van der Waals surface area contributed by atoms with Crippen LogP contribution in [0.15, 0.2) is 36.5 Å². The summed E-state index contributed by atoms with van der Waals surface area (Å²) in [6, 6.07) is 8.69. The normalized spacial score (nSPS) is 15.9. The lowest BCUT2D eigenvalue weighted by Crippen LogP contribution is -2.47. The molecule has 0 radical (unpaired) electrons. The first-order valence-corrected chi connectivity index (χ1v) is 9.28. The Morgan fingerprint density at radius 1 is 1.15 bits per heavy atom. The van der Waals surface area contributed by atoms with Crippen LogP contribution in [-0.4, -0.2) is 39.8 Å². The zero-order valence-corrected chi connectivity index (χ0v) is 15.6. The Labute approximate surface area is 158 Å². The second-order valence-corrected chi connectivity index (χ2v) is 6.83. The Bertz CT molecular complexity index is 869. The molecule has 0 unspecified atom stereocenters. The van der Waals surface area contributed by atoms with E-state index in [1.54, 1.807) is 12.3 Å². The van der Waals surface area contributed by atoms with Gasteiger partial charge in [-0.25, -0.2) is 4.79 Å². The van der Waals surface area contributed by atoms with Crippen LogP contribution in [0.4, 0.5) is 10.5 Å². The van der Waals surface area contributed by atoms with Crippen LogP contribution in [0.2, 0.25) is 0 Å². The van der Waals surface area contributed by atoms with Crippen molar-refractivity contribution in [2.24, 2.45) is 0 Å². The number of anilines is 1. The van der Waals surface area contributed by atoms with Crippen molar-refractivity contribution in [3.05, 3.63) is 36.5 Å². The molecule has 1 aromatic carbocycles. The summed E-state index contributed by atoms with van der Waals surface area (Å²) >= 11 is 0. The molecule has 27 heavy (non-hydrogen) atoms. The topological polar surface area (TPSA) is 91.4 Å². The number of nitrogens with zero attached hydrogens (tertiary/aromatic N) is 2. The standard InChI is InChI=1S/C20H24N4O3/c1-3-10-20(11-4-2)18(26)24(19(27)23-20)13-16(25)22-15-9-5-7-14-8-6-12-21-17(14)15/h5-9,12H,3-4,10-11,13H2,1-2H3,(H,22,25)(H,23,27). The lowest BCUT2D eigenvalue weighted by molar-refractivity contribution is -0.134. The molecule has 1 fully saturated rings. The van der Waals surface area contributed by atoms with Gasteiger partial charge < -0.3 is 10.6 Å². The number of amides is 4. The third kappa shape index (κ3) is 3.63. The predicted molar refractivity (Wildman–Crippen MR) is 103 cm³/mol. The number of para-hydroxylation sites is 1. The molecule has 7 heteroatoms. The highest BCUT2D eigenvalue weighted by Gasteiger charge is 2.50. The quantitative estimate of drug-likeness (QED) is 0.735. The SMILES string of the molecule is CCCC1(CCC)NC(=O)N(CC(=O)Nc2cccc3cccnc23)C1=O. The highest BCUT2D eigenvalue weighted by molar-refractivity contribution is 6.10. The minimum atomic E-state index is -0.887. The number of pyridine rings is 1. The molecule has 2 heterocycles. The van der Waals surface area contributed by atoms with Gasteiger partial charge in [0.2, 0.25) is 5.91 Å². The Morgan fingerprint density at radius 2 is 1.85 bits per heavy atom. The maximum absolute atomic E-state index is 12.9. The molecule has 0 bridgehead atoms. The molecular weight excluding hydrogens is 344 g/mol. The summed E-state index contributed by atoms with van der Waals surface area (Å²) in [6.07, 6.45) is 4.33. The molecule has 7 nitrogen and oxygen atoms in total. The molecular formula is C20H24N4O3. The van der Waals surface area contributed by atoms with E-state index in [0.717, 1.165) is 23.1 Å². The van der Waals surface area contributed by atoms with Gasteiger partial charge in [0.25, 0.3) is 5.91 Å². The maximum Gasteiger partial charge on any atom is 0.325 e. The number of aromatic nitrogens is 1. The van der Waals surface area contributed by atoms with Crippen molar-refractivity contribution in [2.75, 3.05) is 11.9 Å². The fraction of sp³-hybridized carbons (Fsp3) is 0.400. The van der Waals surface area contributed by atoms with Gasteiger partial charge in [-0.3, -0.25) is 19.5 Å². The molecule has 1 saturated heterocycles. The second-order valence-electron chi connectivity index (χ2n) is 6.83. The van der Waals surface area contributed by atoms with E-state index in [4.69, 9.17) is 0 Å². The minimum absolute atomic E-state index is 0.316. The van der Waals surface area contributed by atoms with Gasteiger partial charge in [0.15, 0.2) is 0 Å². The average Bonchev–Trinajstić information content (AvgIpc) is 2.87. The van der Waals surface area contributed by atoms with Gasteiger partial charge in [0.05, 0.1) is 11.2 Å². The molecule has 1 aliphatic rings. The zero-order valence-electron chi connectivity index (χ0n) is 15.6. The monoisotopic (exact) mass is 368 g/mol. The summed E-state index contributed by atoms with van der Waals surface area (Å²) in [6.45, 7) is 3.63. The van der Waals surface area contributed by atoms with E-state index in [-0.39, 0.29) is 12.5 Å². The second kappa shape index (κ2) is 7.73. The number of fused-ring (bicyclic) bond motifs is 1. The Balaban J connectivity index is 1.75. The molecule has 0 saturated carbocycles. The Morgan fingerprint density at radius 3 is 2.56 bits per heavy atom. The molecule has 1 aliphatic heterocycles. The molecule has 0 aliphatic carbocycles. The summed E-state index contributed by atoms with van der Waals surface area (Å²) in [5.74, 6) is -0.747. The van der Waals surface area contributed by atoms with Crippen LogP contribution in [0.1, 0.15) is 39.5 Å². The van der Waals surface area contributed by atoms with Gasteiger partial charge >= 0.3 is 6.03 Å². The number of rotatable bonds is 7. The van der Waals surface area contributed by atoms with Crippen molar-refractivity contribution < 1.29 is 14.4 Å². The smallest absolute Gasteiger partial charge is 0.323 e. The van der Waals surface area contributed by atoms with Crippen LogP contribution in [0.25, 0.3) is 10.9 Å². The molecule has 1 aromatic heterocycles. The van der Waals surface area contributed by atoms with Gasteiger partial charge in [0.1, 0.15) is 12.1 Å². The fourth-order valence-electron chi connectivity index (χ4n) is 3.68. The van der Waals surface area contributed by atoms with Crippen LogP contribution in [0.5, 0.6) is 0 Å². The van der Waals surface area contributed by atoms with E-state index in [2.05, 4.69) is 15.6 Å². The number of imide groups is 1. The van der Waals surface area contributed by atoms with Crippen molar-refractivity contribution in [2.45, 2.75) is 45.1 Å². The van der Waals surface area contributed by atoms with Gasteiger partial charge in [-0.2, -0.15) is 0 Å². The molecule has 4 amide bonds. The van der Waals surface area contributed by atoms with Crippen LogP contribution in [-0.2, 0) is 9.59 Å². The Hall–Kier alpha value is -2.96. The van der Waals surface area contributed by atoms with E-state index in [9.17, 15) is 14.4 Å². The predicted octanol–water partition coefficient (Wildman–Crippen LogP) is 3.06. The maximum atomic E-state index is 12.9. The van der Waals surface area contributed by atoms with Crippen molar-refractivity contribution in [1.29, 1.82) is 0 Å². The highest BCUT2D eigenvalue weighted by Crippen LogP contribution is 2.28. The highest BCUT2D eigenvalue weighted by atomic mass is 16.2. The van der Waals surface area contributed by atoms with Crippen molar-refractivity contribution in [3.8, 4) is 0 Å². The molecule has 2 aromatic rings. The molecule has 142 valence electrons. The lowest BCUT2D eigenvalue weighted by Gasteiger charge is -2.25. The third-order valence-corrected chi connectivity index (χ3v) is 4.81. The van der Waals surface area contributed by atoms with Gasteiger partial charge in [-0.1, -0.05) is 44.9 Å². The van der Waals surface area contributed by atoms with Crippen molar-refractivity contribution in [1.82, 2.24) is 15.2 Å². The van der Waals surface area contributed by atoms with E-state index >= 15 is 0 Å². The van der Waals surface area contributed by atoms with Crippen LogP contribution >= 0.6 is 0 Å². The Kier molecular flexibility index (Phi) is 5.39. The lowest BCUT2D eigenvalue weighted by atomic mass is 9.88. The zero-order chi connectivity index (χ0) is 19.4. The summed E-state index contributed by atoms with van der Waals surface area (Å²) in [4.78, 5) is 43.0. The number of carbonyl (C=O) groups excluding carboxylic acids is 3. The van der Waals surface area contributed by atoms with Crippen molar-refractivity contribution >= 4 is 34.4 Å². The minimum Gasteiger partial charge on any atom is -0.323 e. The van der Waals surface area contributed by atoms with Crippen LogP contribution in [0.3, 0.4) is 0 Å². The molecule has 3 rings (SSSR count). The summed E-state index contributed by atoms with van der Waals surface area (Å²) in [5.41, 5.74) is 0.331. The molecule has 0 spiro atoms. The summed E-state index contributed by atoms with van der Waals surface area (Å²) < 4.78 is 0. The average molecular weight is 368 g/mol. The number of hydrogen-bond acceptors (Lipinski definition) is 4. The largest absolute Gasteiger partial charge is 0.325 e. The van der Waals surface area contributed by atoms with Gasteiger partial charge in [-0.05, 0) is 25.0 Å². The molecule has 0 atom stereocenters. The number of hydrogen-bond donors (Lipinski definition) is 2. The first kappa shape index (κ1) is 18.8. The van der Waals surface area contributed by atoms with E-state index < -0.39 is 17.5 Å². The van der Waals surface area contributed by atoms with Gasteiger partial charge in [0, 0.05) is 11.6 Å². The first-order chi connectivity index (χ1) is 13.0. The van der Waals surface area contributed by atoms with Crippen LogP contribution in [0, 0.1) is 0 Å². The third-order valence-electron chi connectivity index (χ3n) is 4.81. The number of nitrogens with one attached hydrogen (secondary N) is 2. The number of carbonyl (C=O) groups is 3. The first-order valence-electron chi connectivity index (χ1n) is 9.28. The van der Waals surface area contributed by atoms with Crippen LogP contribution < -0.4 is 10.6 Å². The van der Waals surface area contributed by atoms with Gasteiger partial charge in [-0.15, -0.1) is 0 Å². The van der Waals surface area contributed by atoms with Crippen molar-refractivity contribution in [3.63, 3.8) is 0 Å². The number of urea groups is 1. The molecule has 2 N–H and O–H groups in total. The summed E-state index contributed by atoms with van der Waals surface area (Å²) in [7, 11) is 0. The fourth-order valence-corrected chi connectivity index (χ4v) is 3.68. The number of benzene rings is 1. The van der Waals surface area contributed by atoms with E-state index in [1.807, 2.05) is 38.1 Å².